The van der Waals surface area contributed by atoms with Crippen LogP contribution >= 0.6 is 0 Å². The van der Waals surface area contributed by atoms with E-state index in [1.54, 1.807) is 0 Å². The Hall–Kier alpha value is -6.76. The molecule has 0 bridgehead atoms. The van der Waals surface area contributed by atoms with Crippen LogP contribution in [0.5, 0.6) is 0 Å². The topological polar surface area (TPSA) is 58.7 Å². The van der Waals surface area contributed by atoms with Crippen LogP contribution in [-0.2, 0) is 0 Å². The standard InChI is InChI=1S/C51H38N4O/c1-4-13-33(14-5-1)37-26-30-45-44(31-37)41-29-25-38(40-20-12-21-43-42-19-10-11-22-47(42)56-48(40)43)32-46(41)55(45)39-27-23-36(24-28-39)51-53-49(34-15-6-2-7-16-34)52-50(54-51)35-17-8-3-9-18-35/h1-32,49-54H/p+1. The molecule has 8 aromatic carbocycles. The van der Waals surface area contributed by atoms with Crippen molar-refractivity contribution in [3.05, 3.63) is 211 Å². The first-order chi connectivity index (χ1) is 27.7. The quantitative estimate of drug-likeness (QED) is 0.160. The summed E-state index contributed by atoms with van der Waals surface area (Å²) in [4.78, 5) is 0. The van der Waals surface area contributed by atoms with Gasteiger partial charge in [0.2, 0.25) is 0 Å². The number of nitrogens with two attached hydrogens (primary N) is 1. The third-order valence-electron chi connectivity index (χ3n) is 11.5. The summed E-state index contributed by atoms with van der Waals surface area (Å²) >= 11 is 0. The van der Waals surface area contributed by atoms with E-state index in [0.717, 1.165) is 44.3 Å². The van der Waals surface area contributed by atoms with Gasteiger partial charge in [-0.1, -0.05) is 146 Å². The van der Waals surface area contributed by atoms with Crippen LogP contribution in [-0.4, -0.2) is 4.57 Å². The monoisotopic (exact) mass is 723 g/mol. The predicted molar refractivity (Wildman–Crippen MR) is 228 cm³/mol. The second-order valence-electron chi connectivity index (χ2n) is 14.8. The van der Waals surface area contributed by atoms with E-state index in [1.807, 2.05) is 6.07 Å². The van der Waals surface area contributed by atoms with Crippen molar-refractivity contribution in [1.29, 1.82) is 0 Å². The molecule has 1 fully saturated rings. The molecule has 3 atom stereocenters. The number of nitrogens with zero attached hydrogens (tertiary/aromatic N) is 1. The number of quaternary nitrogens is 1. The Kier molecular flexibility index (Phi) is 7.88. The van der Waals surface area contributed by atoms with Crippen molar-refractivity contribution in [3.63, 3.8) is 0 Å². The van der Waals surface area contributed by atoms with Crippen LogP contribution in [0.1, 0.15) is 35.2 Å². The Bertz CT molecular complexity index is 2960. The molecule has 3 heterocycles. The summed E-state index contributed by atoms with van der Waals surface area (Å²) in [5.41, 5.74) is 13.6. The molecule has 56 heavy (non-hydrogen) atoms. The van der Waals surface area contributed by atoms with E-state index in [-0.39, 0.29) is 18.5 Å². The van der Waals surface area contributed by atoms with E-state index in [9.17, 15) is 0 Å². The smallest absolute Gasteiger partial charge is 0.169 e. The number of benzene rings is 8. The normalized spacial score (nSPS) is 17.2. The Labute approximate surface area is 324 Å². The van der Waals surface area contributed by atoms with E-state index >= 15 is 0 Å². The molecule has 1 saturated heterocycles. The van der Waals surface area contributed by atoms with Crippen molar-refractivity contribution < 1.29 is 9.73 Å². The first-order valence-corrected chi connectivity index (χ1v) is 19.4. The fourth-order valence-corrected chi connectivity index (χ4v) is 8.71. The zero-order valence-corrected chi connectivity index (χ0v) is 30.6. The maximum Gasteiger partial charge on any atom is 0.169 e. The number of para-hydroxylation sites is 2. The molecule has 2 aromatic heterocycles. The maximum absolute atomic E-state index is 6.51. The van der Waals surface area contributed by atoms with E-state index in [1.165, 1.54) is 44.1 Å². The van der Waals surface area contributed by atoms with Gasteiger partial charge in [0.1, 0.15) is 11.2 Å². The molecule has 11 rings (SSSR count). The Balaban J connectivity index is 1.04. The number of hydrogen-bond donors (Lipinski definition) is 3. The summed E-state index contributed by atoms with van der Waals surface area (Å²) in [5, 5.41) is 14.8. The van der Waals surface area contributed by atoms with Crippen LogP contribution in [0.4, 0.5) is 0 Å². The van der Waals surface area contributed by atoms with Gasteiger partial charge in [0.25, 0.3) is 0 Å². The first kappa shape index (κ1) is 32.7. The molecule has 0 radical (unpaired) electrons. The lowest BCUT2D eigenvalue weighted by atomic mass is 10.00. The molecule has 0 amide bonds. The van der Waals surface area contributed by atoms with Crippen molar-refractivity contribution in [2.45, 2.75) is 18.5 Å². The molecular formula is C51H39N4O+. The molecular weight excluding hydrogens is 685 g/mol. The minimum atomic E-state index is 0.00172. The van der Waals surface area contributed by atoms with Crippen molar-refractivity contribution in [1.82, 2.24) is 15.2 Å². The molecule has 10 aromatic rings. The Morgan fingerprint density at radius 1 is 0.429 bits per heavy atom. The molecule has 5 heteroatoms. The summed E-state index contributed by atoms with van der Waals surface area (Å²) in [5.74, 6) is 0. The fourth-order valence-electron chi connectivity index (χ4n) is 8.71. The van der Waals surface area contributed by atoms with Crippen LogP contribution in [0.15, 0.2) is 199 Å². The molecule has 0 saturated carbocycles. The van der Waals surface area contributed by atoms with Gasteiger partial charge < -0.3 is 14.3 Å². The number of fused-ring (bicyclic) bond motifs is 6. The molecule has 5 nitrogen and oxygen atoms in total. The van der Waals surface area contributed by atoms with E-state index in [2.05, 4.69) is 209 Å². The molecule has 3 unspecified atom stereocenters. The second kappa shape index (κ2) is 13.5. The minimum absolute atomic E-state index is 0.00172. The lowest BCUT2D eigenvalue weighted by molar-refractivity contribution is -0.755. The van der Waals surface area contributed by atoms with Crippen molar-refractivity contribution >= 4 is 43.7 Å². The second-order valence-corrected chi connectivity index (χ2v) is 14.8. The largest absolute Gasteiger partial charge is 0.455 e. The highest BCUT2D eigenvalue weighted by Gasteiger charge is 2.33. The van der Waals surface area contributed by atoms with E-state index < -0.39 is 0 Å². The van der Waals surface area contributed by atoms with Gasteiger partial charge in [-0.25, -0.2) is 10.6 Å². The highest BCUT2D eigenvalue weighted by Crippen LogP contribution is 2.40. The average molecular weight is 724 g/mol. The van der Waals surface area contributed by atoms with E-state index in [0.29, 0.717) is 0 Å². The van der Waals surface area contributed by atoms with Gasteiger partial charge in [0, 0.05) is 43.9 Å². The van der Waals surface area contributed by atoms with Gasteiger partial charge in [0.05, 0.1) is 17.2 Å². The molecule has 0 spiro atoms. The Morgan fingerprint density at radius 3 is 1.84 bits per heavy atom. The number of rotatable bonds is 6. The molecule has 1 aliphatic rings. The third kappa shape index (κ3) is 5.61. The molecule has 268 valence electrons. The van der Waals surface area contributed by atoms with Crippen LogP contribution < -0.4 is 16.0 Å². The van der Waals surface area contributed by atoms with E-state index in [4.69, 9.17) is 4.42 Å². The van der Waals surface area contributed by atoms with Gasteiger partial charge in [0.15, 0.2) is 12.3 Å². The summed E-state index contributed by atoms with van der Waals surface area (Å²) in [7, 11) is 0. The number of hydrogen-bond acceptors (Lipinski definition) is 3. The molecule has 0 aliphatic carbocycles. The zero-order valence-electron chi connectivity index (χ0n) is 30.6. The van der Waals surface area contributed by atoms with Crippen molar-refractivity contribution in [2.24, 2.45) is 0 Å². The summed E-state index contributed by atoms with van der Waals surface area (Å²) in [6.07, 6.45) is 0.142. The number of furan rings is 1. The van der Waals surface area contributed by atoms with Crippen molar-refractivity contribution in [2.75, 3.05) is 0 Å². The highest BCUT2D eigenvalue weighted by molar-refractivity contribution is 6.13. The summed E-state index contributed by atoms with van der Waals surface area (Å²) in [6, 6.07) is 69.7. The summed E-state index contributed by atoms with van der Waals surface area (Å²) in [6.45, 7) is 0. The van der Waals surface area contributed by atoms with Crippen molar-refractivity contribution in [3.8, 4) is 27.9 Å². The van der Waals surface area contributed by atoms with Gasteiger partial charge in [-0.15, -0.1) is 0 Å². The third-order valence-corrected chi connectivity index (χ3v) is 11.5. The lowest BCUT2D eigenvalue weighted by Gasteiger charge is -2.36. The van der Waals surface area contributed by atoms with Gasteiger partial charge >= 0.3 is 0 Å². The average Bonchev–Trinajstić information content (AvgIpc) is 3.82. The van der Waals surface area contributed by atoms with Crippen LogP contribution in [0.25, 0.3) is 71.7 Å². The van der Waals surface area contributed by atoms with Gasteiger partial charge in [-0.2, -0.15) is 0 Å². The molecule has 1 aliphatic heterocycles. The predicted octanol–water partition coefficient (Wildman–Crippen LogP) is 11.2. The number of aromatic nitrogens is 1. The number of nitrogens with one attached hydrogen (secondary N) is 2. The highest BCUT2D eigenvalue weighted by atomic mass is 16.3. The zero-order chi connectivity index (χ0) is 37.0. The Morgan fingerprint density at radius 2 is 1.07 bits per heavy atom. The molecule has 4 N–H and O–H groups in total. The summed E-state index contributed by atoms with van der Waals surface area (Å²) < 4.78 is 8.93. The fraction of sp³-hybridized carbons (Fsp3) is 0.0588. The van der Waals surface area contributed by atoms with Gasteiger partial charge in [-0.05, 0) is 70.8 Å². The van der Waals surface area contributed by atoms with Gasteiger partial charge in [-0.3, -0.25) is 0 Å². The minimum Gasteiger partial charge on any atom is -0.455 e. The van der Waals surface area contributed by atoms with Crippen LogP contribution in [0.3, 0.4) is 0 Å². The SMILES string of the molecule is c1ccc(-c2ccc3c(c2)c2ccc(-c4cccc5c4oc4ccccc45)cc2n3-c2ccc(C3NC(c4ccccc4)NC(c4ccccc4)[NH2+]3)cc2)cc1. The van der Waals surface area contributed by atoms with Crippen LogP contribution in [0, 0.1) is 0 Å². The van der Waals surface area contributed by atoms with Crippen LogP contribution in [0.2, 0.25) is 0 Å². The lowest BCUT2D eigenvalue weighted by Crippen LogP contribution is -2.94. The first-order valence-electron chi connectivity index (χ1n) is 19.4. The maximum atomic E-state index is 6.51.